The highest BCUT2D eigenvalue weighted by molar-refractivity contribution is 6.48. The van der Waals surface area contributed by atoms with E-state index in [2.05, 4.69) is 117 Å². The Morgan fingerprint density at radius 2 is 1.43 bits per heavy atom. The molecule has 42 heavy (non-hydrogen) atoms. The van der Waals surface area contributed by atoms with Crippen LogP contribution < -0.4 is 4.74 Å². The summed E-state index contributed by atoms with van der Waals surface area (Å²) in [5.41, 5.74) is 4.65. The Labute approximate surface area is 260 Å². The van der Waals surface area contributed by atoms with Gasteiger partial charge in [0.05, 0.1) is 18.8 Å². The summed E-state index contributed by atoms with van der Waals surface area (Å²) in [6.45, 7) is 27.5. The molecule has 0 bridgehead atoms. The molecule has 0 aliphatic rings. The second kappa shape index (κ2) is 16.2. The lowest BCUT2D eigenvalue weighted by atomic mass is 9.77. The van der Waals surface area contributed by atoms with Crippen molar-refractivity contribution in [2.45, 2.75) is 126 Å². The average molecular weight is 615 g/mol. The van der Waals surface area contributed by atoms with E-state index in [1.807, 2.05) is 6.92 Å². The van der Waals surface area contributed by atoms with E-state index in [-0.39, 0.29) is 29.0 Å². The highest BCUT2D eigenvalue weighted by Crippen LogP contribution is 2.46. The molecule has 2 aromatic rings. The lowest BCUT2D eigenvalue weighted by molar-refractivity contribution is -0.143. The molecule has 0 fully saturated rings. The fraction of sp³-hybridized carbons (Fsp3) is 0.629. The molecular formula is C35H58O5Si2. The van der Waals surface area contributed by atoms with Crippen molar-refractivity contribution < 1.29 is 23.1 Å². The SMILES string of the molecule is CCOC(=O)CCCC(C)c1cccc(COc2ccc(C(O[SiH](C)C)C(C)(C)C)c(C(O[SiH](C)C)C(C)(C)C)c2)c1. The molecule has 0 N–H and O–H groups in total. The van der Waals surface area contributed by atoms with E-state index in [1.165, 1.54) is 16.7 Å². The van der Waals surface area contributed by atoms with Crippen molar-refractivity contribution in [2.75, 3.05) is 6.61 Å². The molecule has 5 nitrogen and oxygen atoms in total. The van der Waals surface area contributed by atoms with Gasteiger partial charge in [-0.1, -0.05) is 78.8 Å². The Morgan fingerprint density at radius 1 is 0.833 bits per heavy atom. The van der Waals surface area contributed by atoms with Crippen LogP contribution in [0, 0.1) is 10.8 Å². The van der Waals surface area contributed by atoms with Crippen LogP contribution in [-0.4, -0.2) is 30.7 Å². The minimum atomic E-state index is -1.33. The summed E-state index contributed by atoms with van der Waals surface area (Å²) in [5.74, 6) is 1.09. The average Bonchev–Trinajstić information content (AvgIpc) is 2.88. The van der Waals surface area contributed by atoms with E-state index in [4.69, 9.17) is 18.3 Å². The molecule has 0 aliphatic carbocycles. The van der Waals surface area contributed by atoms with E-state index in [9.17, 15) is 4.79 Å². The first-order valence-electron chi connectivity index (χ1n) is 15.8. The first kappa shape index (κ1) is 36.3. The highest BCUT2D eigenvalue weighted by Gasteiger charge is 2.36. The molecule has 7 heteroatoms. The van der Waals surface area contributed by atoms with Crippen molar-refractivity contribution in [2.24, 2.45) is 10.8 Å². The van der Waals surface area contributed by atoms with Crippen LogP contribution >= 0.6 is 0 Å². The van der Waals surface area contributed by atoms with Crippen molar-refractivity contribution in [3.05, 3.63) is 64.7 Å². The van der Waals surface area contributed by atoms with Gasteiger partial charge in [-0.15, -0.1) is 0 Å². The van der Waals surface area contributed by atoms with Crippen molar-refractivity contribution in [3.8, 4) is 5.75 Å². The van der Waals surface area contributed by atoms with Crippen LogP contribution in [0.5, 0.6) is 5.75 Å². The van der Waals surface area contributed by atoms with Crippen LogP contribution in [-0.2, 0) is 25.0 Å². The molecule has 0 aliphatic heterocycles. The summed E-state index contributed by atoms with van der Waals surface area (Å²) in [6.07, 6.45) is 2.17. The van der Waals surface area contributed by atoms with Crippen LogP contribution in [0.4, 0.5) is 0 Å². The van der Waals surface area contributed by atoms with E-state index in [0.29, 0.717) is 25.6 Å². The summed E-state index contributed by atoms with van der Waals surface area (Å²) in [7, 11) is -2.64. The molecule has 0 amide bonds. The number of esters is 1. The first-order chi connectivity index (χ1) is 19.5. The van der Waals surface area contributed by atoms with Gasteiger partial charge in [0.1, 0.15) is 12.4 Å². The molecule has 236 valence electrons. The molecular weight excluding hydrogens is 557 g/mol. The van der Waals surface area contributed by atoms with Gasteiger partial charge in [-0.25, -0.2) is 0 Å². The number of hydrogen-bond acceptors (Lipinski definition) is 5. The summed E-state index contributed by atoms with van der Waals surface area (Å²) in [5, 5.41) is 0. The van der Waals surface area contributed by atoms with Gasteiger partial charge in [0.2, 0.25) is 0 Å². The Balaban J connectivity index is 2.34. The second-order valence-electron chi connectivity index (χ2n) is 14.3. The van der Waals surface area contributed by atoms with Crippen molar-refractivity contribution in [1.82, 2.24) is 0 Å². The molecule has 0 saturated carbocycles. The number of benzene rings is 2. The lowest BCUT2D eigenvalue weighted by Crippen LogP contribution is -2.31. The van der Waals surface area contributed by atoms with Gasteiger partial charge in [-0.05, 0) is 97.1 Å². The number of rotatable bonds is 15. The minimum Gasteiger partial charge on any atom is -0.489 e. The normalized spacial score (nSPS) is 14.6. The standard InChI is InChI=1S/C35H58O5Si2/c1-13-37-31(36)19-14-16-25(2)27-18-15-17-26(22-27)24-38-28-20-21-29(32(34(3,4)5)39-41(9)10)30(23-28)33(35(6,7)8)40-42(11)12/h15,17-18,20-23,25,32-33,41-42H,13-14,16,19,24H2,1-12H3. The van der Waals surface area contributed by atoms with E-state index < -0.39 is 18.1 Å². The van der Waals surface area contributed by atoms with Gasteiger partial charge in [-0.3, -0.25) is 4.79 Å². The Bertz CT molecular complexity index is 1120. The number of ether oxygens (including phenoxy) is 2. The monoisotopic (exact) mass is 614 g/mol. The summed E-state index contributed by atoms with van der Waals surface area (Å²) in [6, 6.07) is 15.1. The van der Waals surface area contributed by atoms with E-state index >= 15 is 0 Å². The predicted molar refractivity (Wildman–Crippen MR) is 180 cm³/mol. The molecule has 0 saturated heterocycles. The third-order valence-electron chi connectivity index (χ3n) is 7.26. The van der Waals surface area contributed by atoms with Crippen molar-refractivity contribution in [3.63, 3.8) is 0 Å². The maximum Gasteiger partial charge on any atom is 0.305 e. The summed E-state index contributed by atoms with van der Waals surface area (Å²) in [4.78, 5) is 11.7. The zero-order valence-electron chi connectivity index (χ0n) is 28.5. The van der Waals surface area contributed by atoms with Gasteiger partial charge < -0.3 is 18.3 Å². The molecule has 0 heterocycles. The largest absolute Gasteiger partial charge is 0.489 e. The lowest BCUT2D eigenvalue weighted by Gasteiger charge is -2.39. The smallest absolute Gasteiger partial charge is 0.305 e. The number of carbonyl (C=O) groups is 1. The van der Waals surface area contributed by atoms with E-state index in [1.54, 1.807) is 0 Å². The molecule has 3 atom stereocenters. The topological polar surface area (TPSA) is 54.0 Å². The Kier molecular flexibility index (Phi) is 14.0. The van der Waals surface area contributed by atoms with Crippen molar-refractivity contribution >= 4 is 24.0 Å². The molecule has 0 spiro atoms. The van der Waals surface area contributed by atoms with Crippen LogP contribution in [0.15, 0.2) is 42.5 Å². The minimum absolute atomic E-state index is 0.0162. The Hall–Kier alpha value is -1.94. The summed E-state index contributed by atoms with van der Waals surface area (Å²) >= 11 is 0. The van der Waals surface area contributed by atoms with Gasteiger partial charge in [0.25, 0.3) is 0 Å². The third-order valence-corrected chi connectivity index (χ3v) is 8.89. The summed E-state index contributed by atoms with van der Waals surface area (Å²) < 4.78 is 24.9. The molecule has 3 unspecified atom stereocenters. The molecule has 2 aromatic carbocycles. The zero-order chi connectivity index (χ0) is 31.7. The Morgan fingerprint density at radius 3 is 1.98 bits per heavy atom. The zero-order valence-corrected chi connectivity index (χ0v) is 30.8. The van der Waals surface area contributed by atoms with Crippen molar-refractivity contribution in [1.29, 1.82) is 0 Å². The van der Waals surface area contributed by atoms with Gasteiger partial charge in [-0.2, -0.15) is 0 Å². The van der Waals surface area contributed by atoms with Gasteiger partial charge in [0.15, 0.2) is 18.1 Å². The molecule has 0 aromatic heterocycles. The molecule has 0 radical (unpaired) electrons. The van der Waals surface area contributed by atoms with Crippen LogP contribution in [0.1, 0.15) is 115 Å². The first-order valence-corrected chi connectivity index (χ1v) is 21.4. The van der Waals surface area contributed by atoms with Crippen LogP contribution in [0.2, 0.25) is 26.2 Å². The molecule has 2 rings (SSSR count). The predicted octanol–water partition coefficient (Wildman–Crippen LogP) is 9.28. The van der Waals surface area contributed by atoms with E-state index in [0.717, 1.165) is 24.2 Å². The third kappa shape index (κ3) is 11.6. The van der Waals surface area contributed by atoms with Crippen LogP contribution in [0.25, 0.3) is 0 Å². The quantitative estimate of drug-likeness (QED) is 0.148. The van der Waals surface area contributed by atoms with Crippen LogP contribution in [0.3, 0.4) is 0 Å². The fourth-order valence-corrected chi connectivity index (χ4v) is 7.45. The maximum absolute atomic E-state index is 11.7. The van der Waals surface area contributed by atoms with Gasteiger partial charge in [0, 0.05) is 6.42 Å². The fourth-order valence-electron chi connectivity index (χ4n) is 5.25. The number of carbonyl (C=O) groups excluding carboxylic acids is 1. The van der Waals surface area contributed by atoms with Gasteiger partial charge >= 0.3 is 5.97 Å². The highest BCUT2D eigenvalue weighted by atomic mass is 28.3. The second-order valence-corrected chi connectivity index (χ2v) is 19.0. The maximum atomic E-state index is 11.7. The number of hydrogen-bond donors (Lipinski definition) is 0.